The molecule has 0 radical (unpaired) electrons. The molecule has 2 amide bonds. The second-order valence-electron chi connectivity index (χ2n) is 2.96. The summed E-state index contributed by atoms with van der Waals surface area (Å²) in [4.78, 5) is 13.2. The van der Waals surface area contributed by atoms with Crippen LogP contribution >= 0.6 is 0 Å². The first-order chi connectivity index (χ1) is 6.76. The Labute approximate surface area is 85.9 Å². The third-order valence-corrected chi connectivity index (χ3v) is 1.73. The average Bonchev–Trinajstić information content (AvgIpc) is 2.20. The molecule has 0 aromatic rings. The third kappa shape index (κ3) is 5.59. The number of carbonyl (C=O) groups excluding carboxylic acids is 1. The number of hydrogen-bond acceptors (Lipinski definition) is 2. The maximum Gasteiger partial charge on any atom is 0.317 e. The molecule has 4 nitrogen and oxygen atoms in total. The van der Waals surface area contributed by atoms with E-state index in [1.807, 2.05) is 6.92 Å². The molecule has 0 aliphatic rings. The topological polar surface area (TPSA) is 41.6 Å². The highest BCUT2D eigenvalue weighted by atomic mass is 16.5. The van der Waals surface area contributed by atoms with Gasteiger partial charge in [0.05, 0.1) is 6.61 Å². The van der Waals surface area contributed by atoms with Crippen LogP contribution in [0.1, 0.15) is 13.3 Å². The lowest BCUT2D eigenvalue weighted by atomic mass is 10.4. The fourth-order valence-corrected chi connectivity index (χ4v) is 0.977. The average molecular weight is 200 g/mol. The van der Waals surface area contributed by atoms with Crippen LogP contribution in [0.15, 0.2) is 12.7 Å². The SMILES string of the molecule is C=CCN(CCOC)C(=O)NCCC. The van der Waals surface area contributed by atoms with E-state index in [1.165, 1.54) is 0 Å². The van der Waals surface area contributed by atoms with Gasteiger partial charge in [-0.05, 0) is 6.42 Å². The normalized spacial score (nSPS) is 9.57. The van der Waals surface area contributed by atoms with Crippen LogP contribution in [-0.2, 0) is 4.74 Å². The van der Waals surface area contributed by atoms with Crippen molar-refractivity contribution in [2.45, 2.75) is 13.3 Å². The largest absolute Gasteiger partial charge is 0.383 e. The van der Waals surface area contributed by atoms with Gasteiger partial charge in [0.25, 0.3) is 0 Å². The number of urea groups is 1. The van der Waals surface area contributed by atoms with Crippen molar-refractivity contribution < 1.29 is 9.53 Å². The lowest BCUT2D eigenvalue weighted by Crippen LogP contribution is -2.42. The number of ether oxygens (including phenoxy) is 1. The first-order valence-electron chi connectivity index (χ1n) is 4.88. The van der Waals surface area contributed by atoms with Crippen LogP contribution in [0.5, 0.6) is 0 Å². The summed E-state index contributed by atoms with van der Waals surface area (Å²) >= 11 is 0. The molecular formula is C10H20N2O2. The molecule has 0 fully saturated rings. The highest BCUT2D eigenvalue weighted by molar-refractivity contribution is 5.74. The summed E-state index contributed by atoms with van der Waals surface area (Å²) in [5.74, 6) is 0. The van der Waals surface area contributed by atoms with Gasteiger partial charge in [0.1, 0.15) is 0 Å². The number of nitrogens with zero attached hydrogens (tertiary/aromatic N) is 1. The van der Waals surface area contributed by atoms with Crippen molar-refractivity contribution in [3.63, 3.8) is 0 Å². The van der Waals surface area contributed by atoms with E-state index >= 15 is 0 Å². The number of amides is 2. The smallest absolute Gasteiger partial charge is 0.317 e. The quantitative estimate of drug-likeness (QED) is 0.628. The molecule has 0 aliphatic heterocycles. The second kappa shape index (κ2) is 8.56. The van der Waals surface area contributed by atoms with Gasteiger partial charge in [-0.15, -0.1) is 6.58 Å². The highest BCUT2D eigenvalue weighted by Crippen LogP contribution is 1.90. The molecule has 0 rings (SSSR count). The van der Waals surface area contributed by atoms with Crippen molar-refractivity contribution in [3.05, 3.63) is 12.7 Å². The van der Waals surface area contributed by atoms with Crippen molar-refractivity contribution in [3.8, 4) is 0 Å². The van der Waals surface area contributed by atoms with Gasteiger partial charge in [-0.2, -0.15) is 0 Å². The Bertz CT molecular complexity index is 172. The molecule has 0 saturated carbocycles. The van der Waals surface area contributed by atoms with E-state index in [0.29, 0.717) is 26.2 Å². The Morgan fingerprint density at radius 2 is 2.36 bits per heavy atom. The standard InChI is InChI=1S/C10H20N2O2/c1-4-6-11-10(13)12(7-5-2)8-9-14-3/h5H,2,4,6-9H2,1,3H3,(H,11,13). The van der Waals surface area contributed by atoms with Gasteiger partial charge in [-0.3, -0.25) is 0 Å². The van der Waals surface area contributed by atoms with Gasteiger partial charge >= 0.3 is 6.03 Å². The summed E-state index contributed by atoms with van der Waals surface area (Å²) in [6.45, 7) is 8.04. The van der Waals surface area contributed by atoms with Gasteiger partial charge < -0.3 is 15.0 Å². The molecule has 82 valence electrons. The lowest BCUT2D eigenvalue weighted by Gasteiger charge is -2.20. The summed E-state index contributed by atoms with van der Waals surface area (Å²) in [7, 11) is 1.62. The fourth-order valence-electron chi connectivity index (χ4n) is 0.977. The number of rotatable bonds is 7. The number of carbonyl (C=O) groups is 1. The Balaban J connectivity index is 3.90. The lowest BCUT2D eigenvalue weighted by molar-refractivity contribution is 0.154. The summed E-state index contributed by atoms with van der Waals surface area (Å²) < 4.78 is 4.92. The molecule has 0 heterocycles. The Hall–Kier alpha value is -1.03. The minimum Gasteiger partial charge on any atom is -0.383 e. The van der Waals surface area contributed by atoms with Crippen LogP contribution in [0.3, 0.4) is 0 Å². The predicted molar refractivity (Wildman–Crippen MR) is 57.3 cm³/mol. The van der Waals surface area contributed by atoms with Crippen LogP contribution in [0.4, 0.5) is 4.79 Å². The minimum atomic E-state index is -0.0520. The van der Waals surface area contributed by atoms with E-state index in [9.17, 15) is 4.79 Å². The van der Waals surface area contributed by atoms with E-state index in [-0.39, 0.29) is 6.03 Å². The third-order valence-electron chi connectivity index (χ3n) is 1.73. The number of methoxy groups -OCH3 is 1. The van der Waals surface area contributed by atoms with Crippen LogP contribution in [0.25, 0.3) is 0 Å². The zero-order valence-corrected chi connectivity index (χ0v) is 9.08. The zero-order valence-electron chi connectivity index (χ0n) is 9.08. The summed E-state index contributed by atoms with van der Waals surface area (Å²) in [6, 6.07) is -0.0520. The van der Waals surface area contributed by atoms with Crippen molar-refractivity contribution in [2.75, 3.05) is 33.4 Å². The van der Waals surface area contributed by atoms with Crippen molar-refractivity contribution in [1.82, 2.24) is 10.2 Å². The van der Waals surface area contributed by atoms with Crippen LogP contribution in [0, 0.1) is 0 Å². The number of nitrogens with one attached hydrogen (secondary N) is 1. The summed E-state index contributed by atoms with van der Waals surface area (Å²) in [5.41, 5.74) is 0. The van der Waals surface area contributed by atoms with E-state index in [1.54, 1.807) is 18.1 Å². The number of hydrogen-bond donors (Lipinski definition) is 1. The molecule has 0 unspecified atom stereocenters. The minimum absolute atomic E-state index is 0.0520. The monoisotopic (exact) mass is 200 g/mol. The highest BCUT2D eigenvalue weighted by Gasteiger charge is 2.09. The maximum absolute atomic E-state index is 11.5. The predicted octanol–water partition coefficient (Wildman–Crippen LogP) is 1.24. The van der Waals surface area contributed by atoms with E-state index < -0.39 is 0 Å². The van der Waals surface area contributed by atoms with Crippen LogP contribution in [-0.4, -0.2) is 44.3 Å². The van der Waals surface area contributed by atoms with Gasteiger partial charge in [-0.25, -0.2) is 4.79 Å². The van der Waals surface area contributed by atoms with Crippen LogP contribution in [0.2, 0.25) is 0 Å². The molecular weight excluding hydrogens is 180 g/mol. The molecule has 0 aromatic heterocycles. The molecule has 14 heavy (non-hydrogen) atoms. The maximum atomic E-state index is 11.5. The van der Waals surface area contributed by atoms with Gasteiger partial charge in [0.2, 0.25) is 0 Å². The van der Waals surface area contributed by atoms with Crippen molar-refractivity contribution in [2.24, 2.45) is 0 Å². The molecule has 0 aromatic carbocycles. The van der Waals surface area contributed by atoms with Crippen LogP contribution < -0.4 is 5.32 Å². The summed E-state index contributed by atoms with van der Waals surface area (Å²) in [6.07, 6.45) is 2.65. The van der Waals surface area contributed by atoms with Gasteiger partial charge in [0, 0.05) is 26.7 Å². The first kappa shape index (κ1) is 13.0. The second-order valence-corrected chi connectivity index (χ2v) is 2.96. The van der Waals surface area contributed by atoms with Crippen molar-refractivity contribution in [1.29, 1.82) is 0 Å². The Morgan fingerprint density at radius 3 is 2.86 bits per heavy atom. The Kier molecular flexibility index (Phi) is 7.93. The zero-order chi connectivity index (χ0) is 10.8. The first-order valence-corrected chi connectivity index (χ1v) is 4.88. The Morgan fingerprint density at radius 1 is 1.64 bits per heavy atom. The van der Waals surface area contributed by atoms with E-state index in [0.717, 1.165) is 6.42 Å². The van der Waals surface area contributed by atoms with E-state index in [4.69, 9.17) is 4.74 Å². The fraction of sp³-hybridized carbons (Fsp3) is 0.700. The summed E-state index contributed by atoms with van der Waals surface area (Å²) in [5, 5.41) is 2.81. The molecule has 0 bridgehead atoms. The van der Waals surface area contributed by atoms with E-state index in [2.05, 4.69) is 11.9 Å². The molecule has 0 aliphatic carbocycles. The molecule has 1 N–H and O–H groups in total. The van der Waals surface area contributed by atoms with Crippen molar-refractivity contribution >= 4 is 6.03 Å². The van der Waals surface area contributed by atoms with Gasteiger partial charge in [-0.1, -0.05) is 13.0 Å². The molecule has 0 spiro atoms. The van der Waals surface area contributed by atoms with Gasteiger partial charge in [0.15, 0.2) is 0 Å². The molecule has 0 saturated heterocycles. The molecule has 4 heteroatoms. The molecule has 0 atom stereocenters.